The molecule has 0 radical (unpaired) electrons. The van der Waals surface area contributed by atoms with Gasteiger partial charge in [-0.1, -0.05) is 6.07 Å². The Morgan fingerprint density at radius 1 is 0.971 bits per heavy atom. The minimum absolute atomic E-state index is 0.0185. The van der Waals surface area contributed by atoms with Crippen molar-refractivity contribution < 1.29 is 28.6 Å². The number of piperidine rings is 2. The van der Waals surface area contributed by atoms with E-state index in [1.165, 1.54) is 0 Å². The molecule has 1 aromatic rings. The lowest BCUT2D eigenvalue weighted by Gasteiger charge is -2.36. The lowest BCUT2D eigenvalue weighted by atomic mass is 9.96. The van der Waals surface area contributed by atoms with Gasteiger partial charge in [-0.15, -0.1) is 0 Å². The molecular formula is C26H39N3O6. The van der Waals surface area contributed by atoms with Crippen LogP contribution < -0.4 is 14.8 Å². The van der Waals surface area contributed by atoms with Gasteiger partial charge in [0.2, 0.25) is 11.8 Å². The lowest BCUT2D eigenvalue weighted by molar-refractivity contribution is -0.134. The minimum atomic E-state index is -0.568. The first kappa shape index (κ1) is 26.6. The van der Waals surface area contributed by atoms with Crippen molar-refractivity contribution in [2.24, 2.45) is 5.92 Å². The van der Waals surface area contributed by atoms with Crippen LogP contribution in [-0.4, -0.2) is 79.7 Å². The zero-order valence-electron chi connectivity index (χ0n) is 21.6. The lowest BCUT2D eigenvalue weighted by Crippen LogP contribution is -2.53. The second-order valence-corrected chi connectivity index (χ2v) is 10.3. The number of carbonyl (C=O) groups excluding carboxylic acids is 3. The zero-order valence-corrected chi connectivity index (χ0v) is 21.6. The molecule has 1 N–H and O–H groups in total. The van der Waals surface area contributed by atoms with Gasteiger partial charge in [0.15, 0.2) is 11.5 Å². The van der Waals surface area contributed by atoms with Crippen LogP contribution in [0.3, 0.4) is 0 Å². The predicted octanol–water partition coefficient (Wildman–Crippen LogP) is 3.00. The summed E-state index contributed by atoms with van der Waals surface area (Å²) in [6, 6.07) is 5.38. The quantitative estimate of drug-likeness (QED) is 0.660. The van der Waals surface area contributed by atoms with Crippen LogP contribution in [-0.2, 0) is 20.7 Å². The van der Waals surface area contributed by atoms with Crippen molar-refractivity contribution in [2.75, 3.05) is 40.4 Å². The SMILES string of the molecule is COc1ccc(CC(=O)N2CCC[C@H](NC(=O)[C@@H]3CCCN(C(=O)OC(C)(C)C)C3)C2)cc1OC. The average molecular weight is 490 g/mol. The molecule has 2 aliphatic heterocycles. The van der Waals surface area contributed by atoms with Crippen molar-refractivity contribution in [1.29, 1.82) is 0 Å². The second-order valence-electron chi connectivity index (χ2n) is 10.3. The molecule has 2 saturated heterocycles. The molecular weight excluding hydrogens is 450 g/mol. The van der Waals surface area contributed by atoms with Crippen molar-refractivity contribution in [3.8, 4) is 11.5 Å². The highest BCUT2D eigenvalue weighted by Gasteiger charge is 2.33. The highest BCUT2D eigenvalue weighted by molar-refractivity contribution is 5.81. The Hall–Kier alpha value is -2.97. The van der Waals surface area contributed by atoms with E-state index < -0.39 is 5.60 Å². The van der Waals surface area contributed by atoms with Gasteiger partial charge < -0.3 is 29.3 Å². The number of nitrogens with zero attached hydrogens (tertiary/aromatic N) is 2. The summed E-state index contributed by atoms with van der Waals surface area (Å²) in [5.41, 5.74) is 0.282. The first-order chi connectivity index (χ1) is 16.6. The van der Waals surface area contributed by atoms with Gasteiger partial charge in [0.25, 0.3) is 0 Å². The molecule has 2 atom stereocenters. The molecule has 0 spiro atoms. The average Bonchev–Trinajstić information content (AvgIpc) is 2.83. The summed E-state index contributed by atoms with van der Waals surface area (Å²) in [5, 5.41) is 3.13. The summed E-state index contributed by atoms with van der Waals surface area (Å²) >= 11 is 0. The number of likely N-dealkylation sites (tertiary alicyclic amines) is 2. The molecule has 2 heterocycles. The zero-order chi connectivity index (χ0) is 25.6. The fourth-order valence-corrected chi connectivity index (χ4v) is 4.60. The molecule has 9 heteroatoms. The van der Waals surface area contributed by atoms with Crippen LogP contribution in [0.2, 0.25) is 0 Å². The number of rotatable bonds is 6. The van der Waals surface area contributed by atoms with E-state index in [2.05, 4.69) is 5.32 Å². The Morgan fingerprint density at radius 2 is 1.66 bits per heavy atom. The Morgan fingerprint density at radius 3 is 2.34 bits per heavy atom. The maximum absolute atomic E-state index is 13.0. The number of methoxy groups -OCH3 is 2. The molecule has 2 fully saturated rings. The van der Waals surface area contributed by atoms with Crippen molar-refractivity contribution in [1.82, 2.24) is 15.1 Å². The minimum Gasteiger partial charge on any atom is -0.493 e. The second kappa shape index (κ2) is 11.6. The van der Waals surface area contributed by atoms with Crippen LogP contribution in [0.25, 0.3) is 0 Å². The molecule has 9 nitrogen and oxygen atoms in total. The Kier molecular flexibility index (Phi) is 8.86. The van der Waals surface area contributed by atoms with E-state index in [0.717, 1.165) is 31.2 Å². The van der Waals surface area contributed by atoms with Crippen molar-refractivity contribution in [2.45, 2.75) is 64.5 Å². The summed E-state index contributed by atoms with van der Waals surface area (Å²) in [6.45, 7) is 7.62. The van der Waals surface area contributed by atoms with E-state index >= 15 is 0 Å². The van der Waals surface area contributed by atoms with Gasteiger partial charge in [-0.3, -0.25) is 9.59 Å². The molecule has 0 aromatic heterocycles. The highest BCUT2D eigenvalue weighted by Crippen LogP contribution is 2.28. The van der Waals surface area contributed by atoms with Gasteiger partial charge in [-0.25, -0.2) is 4.79 Å². The first-order valence-electron chi connectivity index (χ1n) is 12.4. The molecule has 1 aromatic carbocycles. The Balaban J connectivity index is 1.53. The summed E-state index contributed by atoms with van der Waals surface area (Å²) in [5.74, 6) is 0.906. The van der Waals surface area contributed by atoms with Crippen LogP contribution in [0.15, 0.2) is 18.2 Å². The van der Waals surface area contributed by atoms with Gasteiger partial charge >= 0.3 is 6.09 Å². The molecule has 35 heavy (non-hydrogen) atoms. The number of nitrogens with one attached hydrogen (secondary N) is 1. The van der Waals surface area contributed by atoms with Crippen molar-refractivity contribution in [3.63, 3.8) is 0 Å². The normalized spacial score (nSPS) is 20.7. The number of amides is 3. The summed E-state index contributed by atoms with van der Waals surface area (Å²) in [4.78, 5) is 41.8. The topological polar surface area (TPSA) is 97.4 Å². The van der Waals surface area contributed by atoms with Gasteiger partial charge in [0, 0.05) is 32.2 Å². The van der Waals surface area contributed by atoms with E-state index in [1.54, 1.807) is 25.2 Å². The third-order valence-corrected chi connectivity index (χ3v) is 6.37. The molecule has 2 aliphatic rings. The van der Waals surface area contributed by atoms with Crippen molar-refractivity contribution in [3.05, 3.63) is 23.8 Å². The predicted molar refractivity (Wildman–Crippen MR) is 132 cm³/mol. The van der Waals surface area contributed by atoms with E-state index in [1.807, 2.05) is 37.8 Å². The van der Waals surface area contributed by atoms with Crippen LogP contribution in [0.5, 0.6) is 11.5 Å². The molecule has 0 aliphatic carbocycles. The number of hydrogen-bond donors (Lipinski definition) is 1. The fraction of sp³-hybridized carbons (Fsp3) is 0.654. The van der Waals surface area contributed by atoms with E-state index in [0.29, 0.717) is 37.7 Å². The van der Waals surface area contributed by atoms with Gasteiger partial charge in [0.05, 0.1) is 26.6 Å². The highest BCUT2D eigenvalue weighted by atomic mass is 16.6. The first-order valence-corrected chi connectivity index (χ1v) is 12.4. The maximum atomic E-state index is 13.0. The molecule has 194 valence electrons. The van der Waals surface area contributed by atoms with Crippen LogP contribution in [0.4, 0.5) is 4.79 Å². The molecule has 3 amide bonds. The monoisotopic (exact) mass is 489 g/mol. The number of hydrogen-bond acceptors (Lipinski definition) is 6. The molecule has 0 unspecified atom stereocenters. The van der Waals surface area contributed by atoms with Crippen LogP contribution in [0, 0.1) is 5.92 Å². The maximum Gasteiger partial charge on any atom is 0.410 e. The molecule has 3 rings (SSSR count). The Labute approximate surface area is 208 Å². The fourth-order valence-electron chi connectivity index (χ4n) is 4.60. The summed E-state index contributed by atoms with van der Waals surface area (Å²) in [7, 11) is 3.15. The van der Waals surface area contributed by atoms with Crippen LogP contribution in [0.1, 0.15) is 52.0 Å². The van der Waals surface area contributed by atoms with Crippen LogP contribution >= 0.6 is 0 Å². The third kappa shape index (κ3) is 7.50. The number of carbonyl (C=O) groups is 3. The summed E-state index contributed by atoms with van der Waals surface area (Å²) < 4.78 is 16.1. The standard InChI is InChI=1S/C26H39N3O6/c1-26(2,3)35-25(32)29-13-6-8-19(16-29)24(31)27-20-9-7-12-28(17-20)23(30)15-18-10-11-21(33-4)22(14-18)34-5/h10-11,14,19-20H,6-9,12-13,15-17H2,1-5H3,(H,27,31)/t19-,20+/m1/s1. The van der Waals surface area contributed by atoms with E-state index in [-0.39, 0.29) is 36.3 Å². The Bertz CT molecular complexity index is 913. The number of benzene rings is 1. The molecule has 0 bridgehead atoms. The number of ether oxygens (including phenoxy) is 3. The van der Waals surface area contributed by atoms with E-state index in [9.17, 15) is 14.4 Å². The smallest absolute Gasteiger partial charge is 0.410 e. The van der Waals surface area contributed by atoms with Gasteiger partial charge in [0.1, 0.15) is 5.60 Å². The van der Waals surface area contributed by atoms with Crippen molar-refractivity contribution >= 4 is 17.9 Å². The largest absolute Gasteiger partial charge is 0.493 e. The van der Waals surface area contributed by atoms with Gasteiger partial charge in [-0.05, 0) is 64.2 Å². The molecule has 0 saturated carbocycles. The van der Waals surface area contributed by atoms with E-state index in [4.69, 9.17) is 14.2 Å². The summed E-state index contributed by atoms with van der Waals surface area (Å²) in [6.07, 6.45) is 3.04. The van der Waals surface area contributed by atoms with Gasteiger partial charge in [-0.2, -0.15) is 0 Å². The third-order valence-electron chi connectivity index (χ3n) is 6.37.